The first kappa shape index (κ1) is 23.6. The van der Waals surface area contributed by atoms with Gasteiger partial charge in [0.05, 0.1) is 15.5 Å². The largest absolute Gasteiger partial charge is 0.322 e. The molecule has 0 saturated carbocycles. The summed E-state index contributed by atoms with van der Waals surface area (Å²) in [6, 6.07) is 21.6. The molecular formula is C22H20ClNO5S2. The molecule has 0 fully saturated rings. The van der Waals surface area contributed by atoms with Gasteiger partial charge in [-0.2, -0.15) is 0 Å². The van der Waals surface area contributed by atoms with Crippen LogP contribution < -0.4 is 24.0 Å². The first-order chi connectivity index (χ1) is 14.5. The monoisotopic (exact) mass is 477 g/mol. The molecule has 1 heterocycles. The second kappa shape index (κ2) is 9.62. The third-order valence-corrected chi connectivity index (χ3v) is 8.26. The minimum atomic E-state index is -4.94. The molecule has 162 valence electrons. The summed E-state index contributed by atoms with van der Waals surface area (Å²) in [5.74, 6) is -0.0361. The summed E-state index contributed by atoms with van der Waals surface area (Å²) in [6.07, 6.45) is 0. The Balaban J connectivity index is 0.000000491. The normalized spacial score (nSPS) is 12.9. The number of carbonyl (C=O) groups is 1. The predicted molar refractivity (Wildman–Crippen MR) is 109 cm³/mol. The van der Waals surface area contributed by atoms with Crippen LogP contribution in [0.1, 0.15) is 18.1 Å². The molecule has 3 aromatic rings. The van der Waals surface area contributed by atoms with E-state index < -0.39 is 10.2 Å². The van der Waals surface area contributed by atoms with Gasteiger partial charge in [0.2, 0.25) is 5.91 Å². The highest BCUT2D eigenvalue weighted by Crippen LogP contribution is 2.49. The van der Waals surface area contributed by atoms with Gasteiger partial charge in [-0.3, -0.25) is 4.79 Å². The second-order valence-corrected chi connectivity index (χ2v) is 10.6. The number of hydrogen-bond acceptors (Lipinski definition) is 6. The lowest BCUT2D eigenvalue weighted by molar-refractivity contribution is -2.00. The van der Waals surface area contributed by atoms with Crippen LogP contribution in [0.25, 0.3) is 0 Å². The molecule has 0 unspecified atom stereocenters. The third kappa shape index (κ3) is 6.02. The van der Waals surface area contributed by atoms with Crippen molar-refractivity contribution in [2.75, 3.05) is 5.32 Å². The van der Waals surface area contributed by atoms with Crippen LogP contribution in [0.2, 0.25) is 0 Å². The zero-order valence-corrected chi connectivity index (χ0v) is 19.4. The second-order valence-electron chi connectivity index (χ2n) is 6.79. The van der Waals surface area contributed by atoms with Crippen molar-refractivity contribution in [2.45, 2.75) is 45.2 Å². The van der Waals surface area contributed by atoms with Crippen LogP contribution in [0.4, 0.5) is 5.69 Å². The van der Waals surface area contributed by atoms with Gasteiger partial charge in [-0.25, -0.2) is 18.6 Å². The van der Waals surface area contributed by atoms with Gasteiger partial charge in [-0.15, -0.1) is 10.2 Å². The molecule has 1 aliphatic rings. The Morgan fingerprint density at radius 2 is 1.29 bits per heavy atom. The number of carbonyl (C=O) groups excluding carboxylic acids is 1. The summed E-state index contributed by atoms with van der Waals surface area (Å²) in [5, 5.41) is 3.06. The summed E-state index contributed by atoms with van der Waals surface area (Å²) in [7, 11) is -5.18. The Kier molecular flexibility index (Phi) is 7.33. The minimum Gasteiger partial charge on any atom is -0.322 e. The lowest BCUT2D eigenvalue weighted by Crippen LogP contribution is -2.68. The molecule has 31 heavy (non-hydrogen) atoms. The number of amides is 1. The molecule has 0 radical (unpaired) electrons. The molecule has 9 heteroatoms. The number of rotatable bonds is 2. The topological polar surface area (TPSA) is 121 Å². The Labute approximate surface area is 190 Å². The van der Waals surface area contributed by atoms with Gasteiger partial charge in [-0.1, -0.05) is 36.0 Å². The van der Waals surface area contributed by atoms with Gasteiger partial charge < -0.3 is 5.32 Å². The third-order valence-electron chi connectivity index (χ3n) is 4.48. The van der Waals surface area contributed by atoms with Gasteiger partial charge in [0.15, 0.2) is 14.7 Å². The Morgan fingerprint density at radius 1 is 0.839 bits per heavy atom. The van der Waals surface area contributed by atoms with Crippen molar-refractivity contribution in [1.82, 2.24) is 0 Å². The van der Waals surface area contributed by atoms with Crippen LogP contribution in [0, 0.1) is 24.1 Å². The number of fused-ring (bicyclic) bond motifs is 2. The number of benzene rings is 3. The lowest BCUT2D eigenvalue weighted by Gasteiger charge is -2.21. The van der Waals surface area contributed by atoms with Gasteiger partial charge in [0.25, 0.3) is 0 Å². The SMILES string of the molecule is CC(=O)Nc1cc(C)c(C)cc1[S+]1c2ccccc2Sc2ccccc21.[O-][Cl+3]([O-])([O-])[O-]. The first-order valence-corrected chi connectivity index (χ1v) is 12.4. The zero-order chi connectivity index (χ0) is 22.8. The number of hydrogen-bond donors (Lipinski definition) is 1. The maximum Gasteiger partial charge on any atom is 0.221 e. The molecule has 0 bridgehead atoms. The van der Waals surface area contributed by atoms with Crippen molar-refractivity contribution in [3.8, 4) is 0 Å². The lowest BCUT2D eigenvalue weighted by atomic mass is 10.1. The van der Waals surface area contributed by atoms with Gasteiger partial charge >= 0.3 is 0 Å². The molecule has 3 aromatic carbocycles. The van der Waals surface area contributed by atoms with Gasteiger partial charge in [-0.05, 0) is 61.4 Å². The van der Waals surface area contributed by atoms with Crippen molar-refractivity contribution < 1.29 is 33.7 Å². The summed E-state index contributed by atoms with van der Waals surface area (Å²) in [6.45, 7) is 5.79. The highest BCUT2D eigenvalue weighted by atomic mass is 35.7. The van der Waals surface area contributed by atoms with Gasteiger partial charge in [0, 0.05) is 6.92 Å². The smallest absolute Gasteiger partial charge is 0.221 e. The molecule has 1 N–H and O–H groups in total. The molecule has 0 aliphatic carbocycles. The maximum atomic E-state index is 11.8. The van der Waals surface area contributed by atoms with Crippen molar-refractivity contribution in [3.05, 3.63) is 71.8 Å². The average Bonchev–Trinajstić information content (AvgIpc) is 2.67. The molecule has 1 amide bonds. The Bertz CT molecular complexity index is 1070. The number of aryl methyl sites for hydroxylation is 2. The quantitative estimate of drug-likeness (QED) is 0.431. The van der Waals surface area contributed by atoms with Crippen molar-refractivity contribution in [2.24, 2.45) is 0 Å². The molecule has 0 aromatic heterocycles. The molecular weight excluding hydrogens is 458 g/mol. The molecule has 0 atom stereocenters. The molecule has 0 saturated heterocycles. The summed E-state index contributed by atoms with van der Waals surface area (Å²) < 4.78 is 34.0. The van der Waals surface area contributed by atoms with E-state index in [-0.39, 0.29) is 16.8 Å². The van der Waals surface area contributed by atoms with E-state index in [2.05, 4.69) is 79.8 Å². The molecule has 1 aliphatic heterocycles. The fourth-order valence-corrected chi connectivity index (χ4v) is 7.05. The fraction of sp³-hybridized carbons (Fsp3) is 0.136. The minimum absolute atomic E-state index is 0.0361. The van der Waals surface area contributed by atoms with Crippen LogP contribution in [0.15, 0.2) is 85.1 Å². The molecule has 4 rings (SSSR count). The van der Waals surface area contributed by atoms with E-state index >= 15 is 0 Å². The van der Waals surface area contributed by atoms with Crippen LogP contribution in [-0.2, 0) is 15.7 Å². The van der Waals surface area contributed by atoms with E-state index in [0.29, 0.717) is 0 Å². The molecule has 0 spiro atoms. The van der Waals surface area contributed by atoms with E-state index in [1.54, 1.807) is 6.92 Å². The van der Waals surface area contributed by atoms with Crippen molar-refractivity contribution >= 4 is 34.3 Å². The van der Waals surface area contributed by atoms with E-state index in [1.165, 1.54) is 35.6 Å². The molecule has 6 nitrogen and oxygen atoms in total. The summed E-state index contributed by atoms with van der Waals surface area (Å²) in [4.78, 5) is 18.2. The highest BCUT2D eigenvalue weighted by molar-refractivity contribution is 8.04. The number of nitrogens with one attached hydrogen (secondary N) is 1. The highest BCUT2D eigenvalue weighted by Gasteiger charge is 2.39. The summed E-state index contributed by atoms with van der Waals surface area (Å²) in [5.41, 5.74) is 3.35. The fourth-order valence-electron chi connectivity index (χ4n) is 3.13. The van der Waals surface area contributed by atoms with Crippen LogP contribution in [0.5, 0.6) is 0 Å². The van der Waals surface area contributed by atoms with Crippen molar-refractivity contribution in [3.63, 3.8) is 0 Å². The van der Waals surface area contributed by atoms with Gasteiger partial charge in [0.1, 0.15) is 10.9 Å². The zero-order valence-electron chi connectivity index (χ0n) is 17.0. The summed E-state index contributed by atoms with van der Waals surface area (Å²) >= 11 is 1.83. The Hall–Kier alpha value is -2.04. The first-order valence-electron chi connectivity index (χ1n) is 9.15. The van der Waals surface area contributed by atoms with Crippen LogP contribution >= 0.6 is 11.8 Å². The maximum absolute atomic E-state index is 11.8. The van der Waals surface area contributed by atoms with Crippen LogP contribution in [-0.4, -0.2) is 5.91 Å². The van der Waals surface area contributed by atoms with E-state index in [1.807, 2.05) is 11.8 Å². The Morgan fingerprint density at radius 3 is 1.77 bits per heavy atom. The number of anilines is 1. The van der Waals surface area contributed by atoms with Crippen molar-refractivity contribution in [1.29, 1.82) is 0 Å². The predicted octanol–water partition coefficient (Wildman–Crippen LogP) is 1.07. The number of halogens is 1. The van der Waals surface area contributed by atoms with Crippen LogP contribution in [0.3, 0.4) is 0 Å². The van der Waals surface area contributed by atoms with E-state index in [9.17, 15) is 4.79 Å². The standard InChI is InChI=1S/C22H19NOS2.ClHO4/c1-14-12-17(23-16(3)24)22(13-15(14)2)26-20-10-6-4-8-18(20)25-19-9-5-7-11-21(19)26;2-1(3,4)5/h4-13H,1-3H3;(H,2,3,4,5). The van der Waals surface area contributed by atoms with E-state index in [4.69, 9.17) is 18.6 Å². The van der Waals surface area contributed by atoms with E-state index in [0.717, 1.165) is 5.69 Å². The average molecular weight is 478 g/mol.